The lowest BCUT2D eigenvalue weighted by Crippen LogP contribution is -2.36. The standard InChI is InChI=1S/C13H25N3/c1-6-16-10-12(9-15-16)11(2)7-8-14-13(3,4)5/h9-11,14H,6-8H2,1-5H3. The maximum absolute atomic E-state index is 4.31. The van der Waals surface area contributed by atoms with E-state index in [1.54, 1.807) is 0 Å². The zero-order valence-corrected chi connectivity index (χ0v) is 11.2. The van der Waals surface area contributed by atoms with Crippen LogP contribution in [0.3, 0.4) is 0 Å². The summed E-state index contributed by atoms with van der Waals surface area (Å²) in [6.07, 6.45) is 5.31. The van der Waals surface area contributed by atoms with Gasteiger partial charge in [-0.1, -0.05) is 6.92 Å². The number of aromatic nitrogens is 2. The summed E-state index contributed by atoms with van der Waals surface area (Å²) in [7, 11) is 0. The third-order valence-electron chi connectivity index (χ3n) is 2.78. The number of nitrogens with zero attached hydrogens (tertiary/aromatic N) is 2. The number of nitrogens with one attached hydrogen (secondary N) is 1. The molecule has 92 valence electrons. The van der Waals surface area contributed by atoms with Crippen molar-refractivity contribution in [1.29, 1.82) is 0 Å². The van der Waals surface area contributed by atoms with Gasteiger partial charge in [0.1, 0.15) is 0 Å². The monoisotopic (exact) mass is 223 g/mol. The van der Waals surface area contributed by atoms with E-state index in [-0.39, 0.29) is 5.54 Å². The van der Waals surface area contributed by atoms with Gasteiger partial charge >= 0.3 is 0 Å². The molecule has 0 saturated carbocycles. The predicted molar refractivity (Wildman–Crippen MR) is 68.7 cm³/mol. The lowest BCUT2D eigenvalue weighted by molar-refractivity contribution is 0.413. The molecule has 1 atom stereocenters. The Morgan fingerprint density at radius 1 is 1.44 bits per heavy atom. The van der Waals surface area contributed by atoms with E-state index in [0.717, 1.165) is 19.5 Å². The van der Waals surface area contributed by atoms with Gasteiger partial charge in [0.15, 0.2) is 0 Å². The van der Waals surface area contributed by atoms with E-state index in [2.05, 4.69) is 51.2 Å². The molecule has 0 aliphatic heterocycles. The van der Waals surface area contributed by atoms with Gasteiger partial charge < -0.3 is 5.32 Å². The van der Waals surface area contributed by atoms with Crippen molar-refractivity contribution in [2.75, 3.05) is 6.54 Å². The van der Waals surface area contributed by atoms with Crippen LogP contribution in [-0.2, 0) is 6.54 Å². The highest BCUT2D eigenvalue weighted by Gasteiger charge is 2.11. The quantitative estimate of drug-likeness (QED) is 0.832. The van der Waals surface area contributed by atoms with Crippen LogP contribution in [0.5, 0.6) is 0 Å². The smallest absolute Gasteiger partial charge is 0.0524 e. The Balaban J connectivity index is 2.37. The molecule has 0 radical (unpaired) electrons. The van der Waals surface area contributed by atoms with E-state index in [4.69, 9.17) is 0 Å². The Labute approximate surface area is 99.2 Å². The molecule has 0 fully saturated rings. The molecule has 0 aromatic carbocycles. The first kappa shape index (κ1) is 13.2. The van der Waals surface area contributed by atoms with E-state index >= 15 is 0 Å². The van der Waals surface area contributed by atoms with Crippen LogP contribution in [0.2, 0.25) is 0 Å². The summed E-state index contributed by atoms with van der Waals surface area (Å²) in [5.74, 6) is 0.579. The van der Waals surface area contributed by atoms with Crippen molar-refractivity contribution < 1.29 is 0 Å². The fraction of sp³-hybridized carbons (Fsp3) is 0.769. The molecule has 0 aliphatic rings. The highest BCUT2D eigenvalue weighted by Crippen LogP contribution is 2.17. The zero-order valence-electron chi connectivity index (χ0n) is 11.2. The number of rotatable bonds is 5. The van der Waals surface area contributed by atoms with Crippen molar-refractivity contribution in [3.05, 3.63) is 18.0 Å². The molecule has 3 heteroatoms. The minimum absolute atomic E-state index is 0.216. The maximum atomic E-state index is 4.31. The lowest BCUT2D eigenvalue weighted by Gasteiger charge is -2.21. The summed E-state index contributed by atoms with van der Waals surface area (Å²) in [6, 6.07) is 0. The topological polar surface area (TPSA) is 29.9 Å². The largest absolute Gasteiger partial charge is 0.312 e. The fourth-order valence-corrected chi connectivity index (χ4v) is 1.64. The third-order valence-corrected chi connectivity index (χ3v) is 2.78. The second-order valence-corrected chi connectivity index (χ2v) is 5.50. The van der Waals surface area contributed by atoms with Crippen LogP contribution >= 0.6 is 0 Å². The molecule has 1 aromatic heterocycles. The first-order chi connectivity index (χ1) is 7.42. The van der Waals surface area contributed by atoms with Crippen molar-refractivity contribution in [2.45, 2.75) is 59.0 Å². The van der Waals surface area contributed by atoms with E-state index < -0.39 is 0 Å². The summed E-state index contributed by atoms with van der Waals surface area (Å²) < 4.78 is 1.99. The highest BCUT2D eigenvalue weighted by molar-refractivity contribution is 5.10. The molecule has 16 heavy (non-hydrogen) atoms. The van der Waals surface area contributed by atoms with Crippen molar-refractivity contribution in [3.8, 4) is 0 Å². The average molecular weight is 223 g/mol. The molecule has 3 nitrogen and oxygen atoms in total. The van der Waals surface area contributed by atoms with E-state index in [1.165, 1.54) is 5.56 Å². The average Bonchev–Trinajstić information content (AvgIpc) is 2.63. The summed E-state index contributed by atoms with van der Waals surface area (Å²) >= 11 is 0. The molecule has 1 aromatic rings. The Bertz CT molecular complexity index is 309. The van der Waals surface area contributed by atoms with E-state index in [9.17, 15) is 0 Å². The molecule has 1 heterocycles. The number of hydrogen-bond donors (Lipinski definition) is 1. The Morgan fingerprint density at radius 2 is 2.12 bits per heavy atom. The van der Waals surface area contributed by atoms with Crippen LogP contribution in [0.25, 0.3) is 0 Å². The summed E-state index contributed by atoms with van der Waals surface area (Å²) in [5, 5.41) is 7.82. The Hall–Kier alpha value is -0.830. The van der Waals surface area contributed by atoms with Crippen LogP contribution in [0.15, 0.2) is 12.4 Å². The molecular weight excluding hydrogens is 198 g/mol. The number of aryl methyl sites for hydroxylation is 1. The summed E-state index contributed by atoms with van der Waals surface area (Å²) in [4.78, 5) is 0. The van der Waals surface area contributed by atoms with Crippen LogP contribution in [0, 0.1) is 0 Å². The van der Waals surface area contributed by atoms with Crippen molar-refractivity contribution in [3.63, 3.8) is 0 Å². The van der Waals surface area contributed by atoms with Gasteiger partial charge in [0.05, 0.1) is 6.20 Å². The molecule has 1 unspecified atom stereocenters. The van der Waals surface area contributed by atoms with Crippen molar-refractivity contribution >= 4 is 0 Å². The molecule has 1 rings (SSSR count). The van der Waals surface area contributed by atoms with Crippen molar-refractivity contribution in [1.82, 2.24) is 15.1 Å². The summed E-state index contributed by atoms with van der Waals surface area (Å²) in [6.45, 7) is 13.0. The SMILES string of the molecule is CCn1cc(C(C)CCNC(C)(C)C)cn1. The molecular formula is C13H25N3. The third kappa shape index (κ3) is 4.35. The zero-order chi connectivity index (χ0) is 12.2. The lowest BCUT2D eigenvalue weighted by atomic mass is 10.0. The van der Waals surface area contributed by atoms with Gasteiger partial charge in [0.25, 0.3) is 0 Å². The van der Waals surface area contributed by atoms with Crippen LogP contribution < -0.4 is 5.32 Å². The van der Waals surface area contributed by atoms with Gasteiger partial charge in [-0.25, -0.2) is 0 Å². The first-order valence-corrected chi connectivity index (χ1v) is 6.19. The minimum Gasteiger partial charge on any atom is -0.312 e. The maximum Gasteiger partial charge on any atom is 0.0524 e. The molecule has 0 spiro atoms. The predicted octanol–water partition coefficient (Wildman–Crippen LogP) is 2.78. The second kappa shape index (κ2) is 5.48. The van der Waals surface area contributed by atoms with E-state index in [0.29, 0.717) is 5.92 Å². The van der Waals surface area contributed by atoms with Gasteiger partial charge in [0.2, 0.25) is 0 Å². The van der Waals surface area contributed by atoms with Gasteiger partial charge in [-0.05, 0) is 52.1 Å². The molecule has 1 N–H and O–H groups in total. The second-order valence-electron chi connectivity index (χ2n) is 5.50. The number of hydrogen-bond acceptors (Lipinski definition) is 2. The Kier molecular flexibility index (Phi) is 4.54. The normalized spacial score (nSPS) is 14.1. The minimum atomic E-state index is 0.216. The first-order valence-electron chi connectivity index (χ1n) is 6.19. The van der Waals surface area contributed by atoms with Crippen LogP contribution in [0.4, 0.5) is 0 Å². The van der Waals surface area contributed by atoms with Crippen LogP contribution in [0.1, 0.15) is 52.5 Å². The fourth-order valence-electron chi connectivity index (χ4n) is 1.64. The van der Waals surface area contributed by atoms with Gasteiger partial charge in [-0.2, -0.15) is 5.10 Å². The molecule has 0 bridgehead atoms. The highest BCUT2D eigenvalue weighted by atomic mass is 15.3. The molecule has 0 amide bonds. The molecule has 0 saturated heterocycles. The van der Waals surface area contributed by atoms with Crippen LogP contribution in [-0.4, -0.2) is 21.9 Å². The summed E-state index contributed by atoms with van der Waals surface area (Å²) in [5.41, 5.74) is 1.56. The Morgan fingerprint density at radius 3 is 2.62 bits per heavy atom. The van der Waals surface area contributed by atoms with Crippen molar-refractivity contribution in [2.24, 2.45) is 0 Å². The van der Waals surface area contributed by atoms with Gasteiger partial charge in [0, 0.05) is 18.3 Å². The van der Waals surface area contributed by atoms with E-state index in [1.807, 2.05) is 10.9 Å². The van der Waals surface area contributed by atoms with Gasteiger partial charge in [-0.3, -0.25) is 4.68 Å². The molecule has 0 aliphatic carbocycles. The van der Waals surface area contributed by atoms with Gasteiger partial charge in [-0.15, -0.1) is 0 Å².